The van der Waals surface area contributed by atoms with Crippen molar-refractivity contribution in [1.29, 1.82) is 0 Å². The lowest BCUT2D eigenvalue weighted by molar-refractivity contribution is -0.137. The number of likely N-dealkylation sites (N-methyl/N-ethyl adjacent to an activating group) is 1. The molecular weight excluding hydrogens is 224 g/mol. The average Bonchev–Trinajstić information content (AvgIpc) is 2.72. The number of hydrogen-bond donors (Lipinski definition) is 1. The molecule has 0 spiro atoms. The Morgan fingerprint density at radius 1 is 1.53 bits per heavy atom. The second kappa shape index (κ2) is 5.42. The van der Waals surface area contributed by atoms with Gasteiger partial charge in [-0.25, -0.2) is 4.68 Å². The lowest BCUT2D eigenvalue weighted by Gasteiger charge is -2.16. The molecule has 0 radical (unpaired) electrons. The summed E-state index contributed by atoms with van der Waals surface area (Å²) in [7, 11) is 3.34. The van der Waals surface area contributed by atoms with Crippen LogP contribution in [0.1, 0.15) is 25.1 Å². The Hall–Kier alpha value is -1.92. The minimum absolute atomic E-state index is 0.00863. The van der Waals surface area contributed by atoms with Crippen molar-refractivity contribution in [2.24, 2.45) is 0 Å². The molecule has 1 N–H and O–H groups in total. The Labute approximate surface area is 99.0 Å². The first kappa shape index (κ1) is 13.1. The largest absolute Gasteiger partial charge is 0.481 e. The van der Waals surface area contributed by atoms with Gasteiger partial charge in [0, 0.05) is 26.7 Å². The van der Waals surface area contributed by atoms with Gasteiger partial charge in [0.1, 0.15) is 6.04 Å². The molecule has 7 nitrogen and oxygen atoms in total. The summed E-state index contributed by atoms with van der Waals surface area (Å²) in [4.78, 5) is 23.5. The molecule has 0 aromatic carbocycles. The number of carbonyl (C=O) groups is 2. The molecule has 7 heteroatoms. The summed E-state index contributed by atoms with van der Waals surface area (Å²) in [6.07, 6.45) is 1.93. The first-order valence-electron chi connectivity index (χ1n) is 5.25. The summed E-state index contributed by atoms with van der Waals surface area (Å²) < 4.78 is 1.44. The topological polar surface area (TPSA) is 88.3 Å². The fraction of sp³-hybridized carbons (Fsp3) is 0.600. The number of nitrogens with zero attached hydrogens (tertiary/aromatic N) is 4. The van der Waals surface area contributed by atoms with Crippen LogP contribution in [-0.2, 0) is 16.0 Å². The zero-order chi connectivity index (χ0) is 13.0. The SMILES string of the molecule is CC(C(=O)N(C)C)n1cc(CCC(=O)O)nn1. The van der Waals surface area contributed by atoms with Crippen molar-refractivity contribution >= 4 is 11.9 Å². The van der Waals surface area contributed by atoms with Crippen LogP contribution in [0.2, 0.25) is 0 Å². The number of carbonyl (C=O) groups excluding carboxylic acids is 1. The third kappa shape index (κ3) is 3.54. The third-order valence-corrected chi connectivity index (χ3v) is 2.35. The van der Waals surface area contributed by atoms with E-state index < -0.39 is 12.0 Å². The molecular formula is C10H16N4O3. The maximum absolute atomic E-state index is 11.7. The van der Waals surface area contributed by atoms with Gasteiger partial charge in [0.05, 0.1) is 12.1 Å². The molecule has 0 aliphatic rings. The van der Waals surface area contributed by atoms with Gasteiger partial charge < -0.3 is 10.0 Å². The van der Waals surface area contributed by atoms with Crippen LogP contribution >= 0.6 is 0 Å². The number of aryl methyl sites for hydroxylation is 1. The molecule has 17 heavy (non-hydrogen) atoms. The van der Waals surface area contributed by atoms with Crippen LogP contribution in [0, 0.1) is 0 Å². The summed E-state index contributed by atoms with van der Waals surface area (Å²) in [6.45, 7) is 1.72. The first-order valence-corrected chi connectivity index (χ1v) is 5.25. The summed E-state index contributed by atoms with van der Waals surface area (Å²) in [6, 6.07) is -0.434. The van der Waals surface area contributed by atoms with Crippen LogP contribution in [0.25, 0.3) is 0 Å². The monoisotopic (exact) mass is 240 g/mol. The Bertz CT molecular complexity index is 413. The molecule has 0 bridgehead atoms. The summed E-state index contributed by atoms with van der Waals surface area (Å²) in [5.74, 6) is -0.961. The van der Waals surface area contributed by atoms with Crippen molar-refractivity contribution in [1.82, 2.24) is 19.9 Å². The van der Waals surface area contributed by atoms with E-state index in [2.05, 4.69) is 10.3 Å². The van der Waals surface area contributed by atoms with Gasteiger partial charge in [-0.05, 0) is 6.92 Å². The maximum atomic E-state index is 11.7. The van der Waals surface area contributed by atoms with Crippen molar-refractivity contribution in [2.45, 2.75) is 25.8 Å². The fourth-order valence-electron chi connectivity index (χ4n) is 1.34. The highest BCUT2D eigenvalue weighted by Gasteiger charge is 2.18. The van der Waals surface area contributed by atoms with E-state index in [0.29, 0.717) is 12.1 Å². The van der Waals surface area contributed by atoms with E-state index in [4.69, 9.17) is 5.11 Å². The molecule has 1 unspecified atom stereocenters. The molecule has 1 heterocycles. The van der Waals surface area contributed by atoms with E-state index in [1.54, 1.807) is 27.2 Å². The van der Waals surface area contributed by atoms with Crippen molar-refractivity contribution in [3.8, 4) is 0 Å². The minimum Gasteiger partial charge on any atom is -0.481 e. The lowest BCUT2D eigenvalue weighted by Crippen LogP contribution is -2.30. The fourth-order valence-corrected chi connectivity index (χ4v) is 1.34. The number of carboxylic acid groups (broad SMARTS) is 1. The summed E-state index contributed by atoms with van der Waals surface area (Å²) in [5, 5.41) is 16.2. The van der Waals surface area contributed by atoms with Gasteiger partial charge in [0.25, 0.3) is 0 Å². The highest BCUT2D eigenvalue weighted by molar-refractivity contribution is 5.79. The van der Waals surface area contributed by atoms with Crippen LogP contribution in [0.5, 0.6) is 0 Å². The predicted molar refractivity (Wildman–Crippen MR) is 59.4 cm³/mol. The van der Waals surface area contributed by atoms with Gasteiger partial charge in [-0.15, -0.1) is 5.10 Å². The molecule has 0 fully saturated rings. The van der Waals surface area contributed by atoms with Crippen LogP contribution in [0.3, 0.4) is 0 Å². The molecule has 94 valence electrons. The van der Waals surface area contributed by atoms with Gasteiger partial charge >= 0.3 is 5.97 Å². The zero-order valence-corrected chi connectivity index (χ0v) is 10.1. The Kier molecular flexibility index (Phi) is 4.19. The Balaban J connectivity index is 2.67. The number of amides is 1. The molecule has 1 aromatic rings. The molecule has 1 rings (SSSR count). The Morgan fingerprint density at radius 3 is 2.71 bits per heavy atom. The van der Waals surface area contributed by atoms with Gasteiger partial charge in [0.15, 0.2) is 0 Å². The number of hydrogen-bond acceptors (Lipinski definition) is 4. The van der Waals surface area contributed by atoms with E-state index in [1.807, 2.05) is 0 Å². The predicted octanol–water partition coefficient (Wildman–Crippen LogP) is -0.0555. The standard InChI is InChI=1S/C10H16N4O3/c1-7(10(17)13(2)3)14-6-8(11-12-14)4-5-9(15)16/h6-7H,4-5H2,1-3H3,(H,15,16). The number of aliphatic carboxylic acids is 1. The Morgan fingerprint density at radius 2 is 2.18 bits per heavy atom. The lowest BCUT2D eigenvalue weighted by atomic mass is 10.2. The van der Waals surface area contributed by atoms with Crippen LogP contribution in [0.15, 0.2) is 6.20 Å². The van der Waals surface area contributed by atoms with Gasteiger partial charge in [-0.2, -0.15) is 0 Å². The molecule has 1 aromatic heterocycles. The second-order valence-corrected chi connectivity index (χ2v) is 3.99. The second-order valence-electron chi connectivity index (χ2n) is 3.99. The highest BCUT2D eigenvalue weighted by Crippen LogP contribution is 2.08. The first-order chi connectivity index (χ1) is 7.91. The van der Waals surface area contributed by atoms with E-state index in [9.17, 15) is 9.59 Å². The van der Waals surface area contributed by atoms with Crippen molar-refractivity contribution < 1.29 is 14.7 Å². The van der Waals surface area contributed by atoms with Crippen molar-refractivity contribution in [3.05, 3.63) is 11.9 Å². The quantitative estimate of drug-likeness (QED) is 0.779. The van der Waals surface area contributed by atoms with Crippen molar-refractivity contribution in [2.75, 3.05) is 14.1 Å². The maximum Gasteiger partial charge on any atom is 0.303 e. The molecule has 1 amide bonds. The molecule has 0 aliphatic carbocycles. The van der Waals surface area contributed by atoms with E-state index in [-0.39, 0.29) is 12.3 Å². The third-order valence-electron chi connectivity index (χ3n) is 2.35. The van der Waals surface area contributed by atoms with Crippen LogP contribution in [0.4, 0.5) is 0 Å². The van der Waals surface area contributed by atoms with Gasteiger partial charge in [-0.1, -0.05) is 5.21 Å². The number of aromatic nitrogens is 3. The van der Waals surface area contributed by atoms with Crippen molar-refractivity contribution in [3.63, 3.8) is 0 Å². The number of carboxylic acids is 1. The van der Waals surface area contributed by atoms with E-state index in [1.165, 1.54) is 9.58 Å². The van der Waals surface area contributed by atoms with Gasteiger partial charge in [-0.3, -0.25) is 9.59 Å². The highest BCUT2D eigenvalue weighted by atomic mass is 16.4. The van der Waals surface area contributed by atoms with E-state index in [0.717, 1.165) is 0 Å². The smallest absolute Gasteiger partial charge is 0.303 e. The normalized spacial score (nSPS) is 12.2. The van der Waals surface area contributed by atoms with Gasteiger partial charge in [0.2, 0.25) is 5.91 Å². The summed E-state index contributed by atoms with van der Waals surface area (Å²) >= 11 is 0. The van der Waals surface area contributed by atoms with Crippen LogP contribution < -0.4 is 0 Å². The van der Waals surface area contributed by atoms with Crippen LogP contribution in [-0.4, -0.2) is 51.0 Å². The molecule has 0 saturated carbocycles. The number of rotatable bonds is 5. The van der Waals surface area contributed by atoms with E-state index >= 15 is 0 Å². The zero-order valence-electron chi connectivity index (χ0n) is 10.1. The molecule has 1 atom stereocenters. The molecule has 0 saturated heterocycles. The average molecular weight is 240 g/mol. The minimum atomic E-state index is -0.878. The molecule has 0 aliphatic heterocycles. The summed E-state index contributed by atoms with van der Waals surface area (Å²) in [5.41, 5.74) is 0.575.